The topological polar surface area (TPSA) is 96.0 Å². The van der Waals surface area contributed by atoms with Gasteiger partial charge in [-0.2, -0.15) is 0 Å². The van der Waals surface area contributed by atoms with Gasteiger partial charge in [0, 0.05) is 19.0 Å². The Balaban J connectivity index is 1.81. The summed E-state index contributed by atoms with van der Waals surface area (Å²) in [5.74, 6) is -0.240. The fourth-order valence-corrected chi connectivity index (χ4v) is 6.36. The fraction of sp³-hybridized carbons (Fsp3) is 0.257. The Kier molecular flexibility index (Phi) is 10.8. The van der Waals surface area contributed by atoms with E-state index in [0.717, 1.165) is 21.0 Å². The predicted octanol–water partition coefficient (Wildman–Crippen LogP) is 5.36. The maximum Gasteiger partial charge on any atom is 0.264 e. The number of rotatable bonds is 13. The van der Waals surface area contributed by atoms with Crippen LogP contribution in [0.15, 0.2) is 114 Å². The number of benzene rings is 4. The lowest BCUT2D eigenvalue weighted by Crippen LogP contribution is -2.54. The lowest BCUT2D eigenvalue weighted by molar-refractivity contribution is -0.140. The van der Waals surface area contributed by atoms with E-state index in [1.54, 1.807) is 55.6 Å². The summed E-state index contributed by atoms with van der Waals surface area (Å²) < 4.78 is 34.6. The molecule has 230 valence electrons. The van der Waals surface area contributed by atoms with E-state index in [0.29, 0.717) is 11.4 Å². The van der Waals surface area contributed by atoms with Crippen LogP contribution in [0.4, 0.5) is 5.69 Å². The minimum Gasteiger partial charge on any atom is -0.497 e. The minimum absolute atomic E-state index is 0.0616. The van der Waals surface area contributed by atoms with Gasteiger partial charge in [-0.3, -0.25) is 13.9 Å². The summed E-state index contributed by atoms with van der Waals surface area (Å²) in [4.78, 5) is 29.8. The average molecular weight is 614 g/mol. The first kappa shape index (κ1) is 32.3. The molecule has 1 atom stereocenters. The van der Waals surface area contributed by atoms with Crippen LogP contribution in [0, 0.1) is 6.92 Å². The quantitative estimate of drug-likeness (QED) is 0.219. The van der Waals surface area contributed by atoms with Crippen molar-refractivity contribution in [1.29, 1.82) is 0 Å². The maximum atomic E-state index is 14.5. The second-order valence-electron chi connectivity index (χ2n) is 10.9. The van der Waals surface area contributed by atoms with E-state index >= 15 is 0 Å². The Morgan fingerprint density at radius 3 is 2.09 bits per heavy atom. The summed E-state index contributed by atoms with van der Waals surface area (Å²) in [6, 6.07) is 30.7. The molecule has 0 saturated heterocycles. The molecule has 0 saturated carbocycles. The van der Waals surface area contributed by atoms with Crippen LogP contribution in [0.2, 0.25) is 0 Å². The van der Waals surface area contributed by atoms with E-state index in [2.05, 4.69) is 5.32 Å². The van der Waals surface area contributed by atoms with Gasteiger partial charge in [-0.15, -0.1) is 0 Å². The molecule has 0 radical (unpaired) electrons. The van der Waals surface area contributed by atoms with Gasteiger partial charge in [0.15, 0.2) is 0 Å². The van der Waals surface area contributed by atoms with Gasteiger partial charge in [0.2, 0.25) is 11.8 Å². The highest BCUT2D eigenvalue weighted by Gasteiger charge is 2.34. The van der Waals surface area contributed by atoms with Crippen molar-refractivity contribution in [3.8, 4) is 5.75 Å². The molecule has 8 nitrogen and oxygen atoms in total. The van der Waals surface area contributed by atoms with Crippen molar-refractivity contribution in [2.24, 2.45) is 0 Å². The van der Waals surface area contributed by atoms with Crippen molar-refractivity contribution in [2.75, 3.05) is 18.0 Å². The number of nitrogens with one attached hydrogen (secondary N) is 1. The van der Waals surface area contributed by atoms with E-state index in [4.69, 9.17) is 4.74 Å². The third kappa shape index (κ3) is 8.26. The predicted molar refractivity (Wildman–Crippen MR) is 173 cm³/mol. The zero-order valence-corrected chi connectivity index (χ0v) is 26.3. The van der Waals surface area contributed by atoms with Gasteiger partial charge in [0.05, 0.1) is 17.7 Å². The summed E-state index contributed by atoms with van der Waals surface area (Å²) >= 11 is 0. The van der Waals surface area contributed by atoms with Crippen LogP contribution in [-0.4, -0.2) is 50.9 Å². The van der Waals surface area contributed by atoms with E-state index in [9.17, 15) is 18.0 Å². The molecule has 1 unspecified atom stereocenters. The van der Waals surface area contributed by atoms with E-state index in [-0.39, 0.29) is 29.8 Å². The van der Waals surface area contributed by atoms with Gasteiger partial charge in [-0.1, -0.05) is 72.8 Å². The zero-order chi connectivity index (χ0) is 31.7. The summed E-state index contributed by atoms with van der Waals surface area (Å²) in [6.45, 7) is 5.13. The second-order valence-corrected chi connectivity index (χ2v) is 12.8. The standard InChI is InChI=1S/C35H39N3O5S/c1-26(2)36-35(40)33(23-28-14-7-5-8-15-28)37(24-29-16-12-18-31(22-29)43-4)34(39)25-38(30-17-11-13-27(3)21-30)44(41,42)32-19-9-6-10-20-32/h5-22,26,33H,23-25H2,1-4H3,(H,36,40). The first-order chi connectivity index (χ1) is 21.1. The molecular weight excluding hydrogens is 574 g/mol. The van der Waals surface area contributed by atoms with Gasteiger partial charge >= 0.3 is 0 Å². The zero-order valence-electron chi connectivity index (χ0n) is 25.5. The van der Waals surface area contributed by atoms with Crippen LogP contribution in [0.5, 0.6) is 5.75 Å². The summed E-state index contributed by atoms with van der Waals surface area (Å²) in [5, 5.41) is 2.97. The van der Waals surface area contributed by atoms with E-state index in [1.165, 1.54) is 17.0 Å². The molecule has 0 spiro atoms. The molecule has 0 aliphatic heterocycles. The number of aryl methyl sites for hydroxylation is 1. The van der Waals surface area contributed by atoms with Crippen LogP contribution in [-0.2, 0) is 32.6 Å². The molecule has 4 aromatic carbocycles. The Hall–Kier alpha value is -4.63. The van der Waals surface area contributed by atoms with Gasteiger partial charge in [0.1, 0.15) is 18.3 Å². The number of carbonyl (C=O) groups excluding carboxylic acids is 2. The van der Waals surface area contributed by atoms with E-state index < -0.39 is 28.5 Å². The molecule has 0 aliphatic rings. The molecule has 0 heterocycles. The molecule has 4 aromatic rings. The Morgan fingerprint density at radius 1 is 0.818 bits per heavy atom. The third-order valence-electron chi connectivity index (χ3n) is 7.09. The van der Waals surface area contributed by atoms with E-state index in [1.807, 2.05) is 69.3 Å². The number of amides is 2. The number of hydrogen-bond acceptors (Lipinski definition) is 5. The fourth-order valence-electron chi connectivity index (χ4n) is 4.93. The van der Waals surface area contributed by atoms with Crippen LogP contribution in [0.3, 0.4) is 0 Å². The molecule has 2 amide bonds. The van der Waals surface area contributed by atoms with Crippen molar-refractivity contribution in [1.82, 2.24) is 10.2 Å². The minimum atomic E-state index is -4.14. The number of sulfonamides is 1. The van der Waals surface area contributed by atoms with Gasteiger partial charge in [0.25, 0.3) is 10.0 Å². The first-order valence-corrected chi connectivity index (χ1v) is 15.9. The lowest BCUT2D eigenvalue weighted by Gasteiger charge is -2.34. The van der Waals surface area contributed by atoms with Crippen molar-refractivity contribution in [2.45, 2.75) is 50.7 Å². The summed E-state index contributed by atoms with van der Waals surface area (Å²) in [7, 11) is -2.58. The van der Waals surface area contributed by atoms with Gasteiger partial charge < -0.3 is 15.0 Å². The smallest absolute Gasteiger partial charge is 0.264 e. The molecule has 9 heteroatoms. The molecular formula is C35H39N3O5S. The van der Waals surface area contributed by atoms with Crippen molar-refractivity contribution < 1.29 is 22.7 Å². The average Bonchev–Trinajstić information content (AvgIpc) is 3.02. The normalized spacial score (nSPS) is 11.9. The molecule has 0 bridgehead atoms. The van der Waals surface area contributed by atoms with Crippen molar-refractivity contribution in [3.05, 3.63) is 126 Å². The maximum absolute atomic E-state index is 14.5. The van der Waals surface area contributed by atoms with Crippen molar-refractivity contribution in [3.63, 3.8) is 0 Å². The van der Waals surface area contributed by atoms with Gasteiger partial charge in [-0.25, -0.2) is 8.42 Å². The second kappa shape index (κ2) is 14.7. The SMILES string of the molecule is COc1cccc(CN(C(=O)CN(c2cccc(C)c2)S(=O)(=O)c2ccccc2)C(Cc2ccccc2)C(=O)NC(C)C)c1. The molecule has 1 N–H and O–H groups in total. The van der Waals surface area contributed by atoms with Crippen LogP contribution >= 0.6 is 0 Å². The van der Waals surface area contributed by atoms with Gasteiger partial charge in [-0.05, 0) is 73.9 Å². The summed E-state index contributed by atoms with van der Waals surface area (Å²) in [5.41, 5.74) is 2.80. The number of anilines is 1. The number of carbonyl (C=O) groups is 2. The van der Waals surface area contributed by atoms with Crippen LogP contribution < -0.4 is 14.4 Å². The Morgan fingerprint density at radius 2 is 1.45 bits per heavy atom. The number of hydrogen-bond donors (Lipinski definition) is 1. The molecule has 0 aromatic heterocycles. The number of nitrogens with zero attached hydrogens (tertiary/aromatic N) is 2. The Bertz CT molecular complexity index is 1660. The number of ether oxygens (including phenoxy) is 1. The molecule has 44 heavy (non-hydrogen) atoms. The lowest BCUT2D eigenvalue weighted by atomic mass is 10.0. The first-order valence-electron chi connectivity index (χ1n) is 14.5. The highest BCUT2D eigenvalue weighted by Crippen LogP contribution is 2.26. The highest BCUT2D eigenvalue weighted by atomic mass is 32.2. The number of methoxy groups -OCH3 is 1. The van der Waals surface area contributed by atoms with Crippen LogP contribution in [0.1, 0.15) is 30.5 Å². The Labute approximate surface area is 260 Å². The largest absolute Gasteiger partial charge is 0.497 e. The monoisotopic (exact) mass is 613 g/mol. The highest BCUT2D eigenvalue weighted by molar-refractivity contribution is 7.92. The third-order valence-corrected chi connectivity index (χ3v) is 8.88. The molecule has 4 rings (SSSR count). The molecule has 0 fully saturated rings. The van der Waals surface area contributed by atoms with Crippen molar-refractivity contribution >= 4 is 27.5 Å². The van der Waals surface area contributed by atoms with Crippen LogP contribution in [0.25, 0.3) is 0 Å². The molecule has 0 aliphatic carbocycles. The summed E-state index contributed by atoms with van der Waals surface area (Å²) in [6.07, 6.45) is 0.241.